The molecule has 0 bridgehead atoms. The molecule has 0 radical (unpaired) electrons. The molecular weight excluding hydrogens is 204 g/mol. The molecule has 4 nitrogen and oxygen atoms in total. The highest BCUT2D eigenvalue weighted by Gasteiger charge is 2.24. The molecule has 0 aliphatic heterocycles. The van der Waals surface area contributed by atoms with Gasteiger partial charge in [0.05, 0.1) is 0 Å². The fourth-order valence-corrected chi connectivity index (χ4v) is 2.65. The lowest BCUT2D eigenvalue weighted by Crippen LogP contribution is -2.20. The quantitative estimate of drug-likeness (QED) is 0.854. The largest absolute Gasteiger partial charge is 0.481 e. The van der Waals surface area contributed by atoms with E-state index >= 15 is 0 Å². The van der Waals surface area contributed by atoms with Crippen LogP contribution in [0.4, 0.5) is 0 Å². The lowest BCUT2D eigenvalue weighted by Gasteiger charge is -2.29. The molecule has 1 fully saturated rings. The van der Waals surface area contributed by atoms with Gasteiger partial charge in [0.1, 0.15) is 5.82 Å². The Morgan fingerprint density at radius 1 is 1.50 bits per heavy atom. The van der Waals surface area contributed by atoms with Crippen LogP contribution in [0.25, 0.3) is 0 Å². The van der Waals surface area contributed by atoms with Gasteiger partial charge in [0, 0.05) is 24.9 Å². The van der Waals surface area contributed by atoms with Crippen molar-refractivity contribution in [3.8, 4) is 0 Å². The van der Waals surface area contributed by atoms with Crippen molar-refractivity contribution in [2.24, 2.45) is 5.92 Å². The lowest BCUT2D eigenvalue weighted by molar-refractivity contribution is -0.138. The number of hydrogen-bond acceptors (Lipinski definition) is 2. The molecule has 0 atom stereocenters. The minimum atomic E-state index is -0.665. The van der Waals surface area contributed by atoms with E-state index in [1.54, 1.807) is 0 Å². The Morgan fingerprint density at radius 3 is 2.69 bits per heavy atom. The first-order valence-electron chi connectivity index (χ1n) is 5.88. The fourth-order valence-electron chi connectivity index (χ4n) is 2.65. The van der Waals surface area contributed by atoms with Crippen molar-refractivity contribution in [3.05, 3.63) is 18.2 Å². The molecule has 1 aromatic rings. The lowest BCUT2D eigenvalue weighted by atomic mass is 9.84. The third kappa shape index (κ3) is 2.43. The first-order chi connectivity index (χ1) is 7.66. The predicted octanol–water partition coefficient (Wildman–Crippen LogP) is 2.40. The molecule has 1 aliphatic carbocycles. The molecule has 1 aromatic heterocycles. The van der Waals surface area contributed by atoms with E-state index in [-0.39, 0.29) is 0 Å². The van der Waals surface area contributed by atoms with Crippen LogP contribution in [-0.4, -0.2) is 20.6 Å². The number of nitrogens with zero attached hydrogens (tertiary/aromatic N) is 2. The Hall–Kier alpha value is -1.32. The molecule has 2 rings (SSSR count). The normalized spacial score (nSPS) is 25.6. The molecule has 0 spiro atoms. The fraction of sp³-hybridized carbons (Fsp3) is 0.667. The summed E-state index contributed by atoms with van der Waals surface area (Å²) in [5.74, 6) is 0.765. The van der Waals surface area contributed by atoms with E-state index in [0.717, 1.165) is 31.5 Å². The smallest absolute Gasteiger partial charge is 0.303 e. The summed E-state index contributed by atoms with van der Waals surface area (Å²) < 4.78 is 2.22. The van der Waals surface area contributed by atoms with Crippen molar-refractivity contribution in [2.45, 2.75) is 45.1 Å². The van der Waals surface area contributed by atoms with E-state index in [2.05, 4.69) is 9.55 Å². The third-order valence-electron chi connectivity index (χ3n) is 3.54. The maximum Gasteiger partial charge on any atom is 0.303 e. The van der Waals surface area contributed by atoms with Gasteiger partial charge >= 0.3 is 5.97 Å². The van der Waals surface area contributed by atoms with Gasteiger partial charge in [-0.1, -0.05) is 0 Å². The van der Waals surface area contributed by atoms with Gasteiger partial charge < -0.3 is 9.67 Å². The number of aryl methyl sites for hydroxylation is 1. The predicted molar refractivity (Wildman–Crippen MR) is 60.2 cm³/mol. The van der Waals surface area contributed by atoms with Crippen LogP contribution in [0.1, 0.15) is 44.0 Å². The van der Waals surface area contributed by atoms with E-state index in [0.29, 0.717) is 18.4 Å². The Labute approximate surface area is 95.3 Å². The van der Waals surface area contributed by atoms with Crippen LogP contribution in [0.2, 0.25) is 0 Å². The summed E-state index contributed by atoms with van der Waals surface area (Å²) in [6.45, 7) is 2.02. The van der Waals surface area contributed by atoms with Gasteiger partial charge in [-0.05, 0) is 38.5 Å². The van der Waals surface area contributed by atoms with Crippen molar-refractivity contribution >= 4 is 5.97 Å². The number of aromatic nitrogens is 2. The summed E-state index contributed by atoms with van der Waals surface area (Å²) >= 11 is 0. The van der Waals surface area contributed by atoms with Crippen molar-refractivity contribution in [3.63, 3.8) is 0 Å². The van der Waals surface area contributed by atoms with Gasteiger partial charge in [-0.3, -0.25) is 4.79 Å². The number of carboxylic acid groups (broad SMARTS) is 1. The average molecular weight is 222 g/mol. The molecule has 1 aliphatic rings. The number of carboxylic acids is 1. The maximum absolute atomic E-state index is 10.6. The number of aliphatic carboxylic acids is 1. The Kier molecular flexibility index (Phi) is 3.27. The summed E-state index contributed by atoms with van der Waals surface area (Å²) in [7, 11) is 0. The van der Waals surface area contributed by atoms with Crippen molar-refractivity contribution in [2.75, 3.05) is 0 Å². The molecule has 1 N–H and O–H groups in total. The van der Waals surface area contributed by atoms with Gasteiger partial charge in [-0.2, -0.15) is 0 Å². The van der Waals surface area contributed by atoms with Crippen LogP contribution < -0.4 is 0 Å². The topological polar surface area (TPSA) is 55.1 Å². The third-order valence-corrected chi connectivity index (χ3v) is 3.54. The second-order valence-electron chi connectivity index (χ2n) is 4.65. The van der Waals surface area contributed by atoms with Crippen molar-refractivity contribution < 1.29 is 9.90 Å². The van der Waals surface area contributed by atoms with Crippen LogP contribution in [-0.2, 0) is 4.79 Å². The molecule has 0 amide bonds. The monoisotopic (exact) mass is 222 g/mol. The first-order valence-corrected chi connectivity index (χ1v) is 5.88. The highest BCUT2D eigenvalue weighted by molar-refractivity contribution is 5.67. The average Bonchev–Trinajstić information content (AvgIpc) is 2.65. The van der Waals surface area contributed by atoms with Crippen LogP contribution in [0.5, 0.6) is 0 Å². The second kappa shape index (κ2) is 4.68. The van der Waals surface area contributed by atoms with Gasteiger partial charge in [0.25, 0.3) is 0 Å². The molecule has 16 heavy (non-hydrogen) atoms. The molecule has 0 aromatic carbocycles. The molecule has 88 valence electrons. The Morgan fingerprint density at radius 2 is 2.19 bits per heavy atom. The van der Waals surface area contributed by atoms with Gasteiger partial charge in [-0.25, -0.2) is 4.98 Å². The summed E-state index contributed by atoms with van der Waals surface area (Å²) in [6.07, 6.45) is 8.39. The zero-order valence-corrected chi connectivity index (χ0v) is 9.59. The highest BCUT2D eigenvalue weighted by atomic mass is 16.4. The SMILES string of the molecule is Cc1nccn1C1CCC(CC(=O)O)CC1. The van der Waals surface area contributed by atoms with E-state index in [1.165, 1.54) is 0 Å². The molecule has 1 saturated carbocycles. The molecule has 4 heteroatoms. The first kappa shape index (κ1) is 11.2. The zero-order valence-electron chi connectivity index (χ0n) is 9.59. The van der Waals surface area contributed by atoms with Gasteiger partial charge in [0.2, 0.25) is 0 Å². The summed E-state index contributed by atoms with van der Waals surface area (Å²) in [4.78, 5) is 14.8. The molecule has 0 saturated heterocycles. The van der Waals surface area contributed by atoms with Gasteiger partial charge in [0.15, 0.2) is 0 Å². The van der Waals surface area contributed by atoms with E-state index < -0.39 is 5.97 Å². The summed E-state index contributed by atoms with van der Waals surface area (Å²) in [6, 6.07) is 0.521. The number of hydrogen-bond donors (Lipinski definition) is 1. The summed E-state index contributed by atoms with van der Waals surface area (Å²) in [5, 5.41) is 8.74. The van der Waals surface area contributed by atoms with Crippen LogP contribution >= 0.6 is 0 Å². The van der Waals surface area contributed by atoms with Crippen molar-refractivity contribution in [1.82, 2.24) is 9.55 Å². The van der Waals surface area contributed by atoms with E-state index in [9.17, 15) is 4.79 Å². The maximum atomic E-state index is 10.6. The van der Waals surface area contributed by atoms with Crippen LogP contribution in [0.3, 0.4) is 0 Å². The van der Waals surface area contributed by atoms with Crippen LogP contribution in [0.15, 0.2) is 12.4 Å². The summed E-state index contributed by atoms with van der Waals surface area (Å²) in [5.41, 5.74) is 0. The Bertz CT molecular complexity index is 365. The standard InChI is InChI=1S/C12H18N2O2/c1-9-13-6-7-14(9)11-4-2-10(3-5-11)8-12(15)16/h6-7,10-11H,2-5,8H2,1H3,(H,15,16). The molecular formula is C12H18N2O2. The van der Waals surface area contributed by atoms with E-state index in [4.69, 9.17) is 5.11 Å². The molecule has 1 heterocycles. The number of carbonyl (C=O) groups is 1. The highest BCUT2D eigenvalue weighted by Crippen LogP contribution is 2.34. The second-order valence-corrected chi connectivity index (χ2v) is 4.65. The number of rotatable bonds is 3. The minimum Gasteiger partial charge on any atom is -0.481 e. The molecule has 0 unspecified atom stereocenters. The Balaban J connectivity index is 1.90. The number of imidazole rings is 1. The van der Waals surface area contributed by atoms with Crippen LogP contribution in [0, 0.1) is 12.8 Å². The van der Waals surface area contributed by atoms with Crippen molar-refractivity contribution in [1.29, 1.82) is 0 Å². The minimum absolute atomic E-state index is 0.329. The van der Waals surface area contributed by atoms with E-state index in [1.807, 2.05) is 19.3 Å². The zero-order chi connectivity index (χ0) is 11.5. The van der Waals surface area contributed by atoms with Gasteiger partial charge in [-0.15, -0.1) is 0 Å².